The first-order chi connectivity index (χ1) is 11.8. The average molecular weight is 345 g/mol. The number of fused-ring (bicyclic) bond motifs is 1. The lowest BCUT2D eigenvalue weighted by molar-refractivity contribution is 0.0925. The first kappa shape index (κ1) is 17.4. The molecule has 132 valence electrons. The van der Waals surface area contributed by atoms with Crippen molar-refractivity contribution >= 4 is 5.91 Å². The predicted octanol–water partition coefficient (Wildman–Crippen LogP) is 4.00. The van der Waals surface area contributed by atoms with Crippen molar-refractivity contribution in [3.05, 3.63) is 64.7 Å². The van der Waals surface area contributed by atoms with Crippen molar-refractivity contribution in [1.29, 1.82) is 0 Å². The average Bonchev–Trinajstić information content (AvgIpc) is 2.94. The van der Waals surface area contributed by atoms with E-state index in [2.05, 4.69) is 32.2 Å². The molecule has 1 N–H and O–H groups in total. The molecular weight excluding hydrogens is 324 g/mol. The number of nitrogens with one attached hydrogen (secondary N) is 1. The minimum Gasteiger partial charge on any atom is -0.488 e. The molecular formula is C20H21F2NO2. The molecule has 0 bridgehead atoms. The van der Waals surface area contributed by atoms with Gasteiger partial charge in [0.25, 0.3) is 5.91 Å². The summed E-state index contributed by atoms with van der Waals surface area (Å²) in [5.74, 6) is -1.72. The third-order valence-electron chi connectivity index (χ3n) is 4.35. The Balaban J connectivity index is 1.65. The van der Waals surface area contributed by atoms with Gasteiger partial charge in [0.1, 0.15) is 29.1 Å². The third-order valence-corrected chi connectivity index (χ3v) is 4.35. The van der Waals surface area contributed by atoms with Gasteiger partial charge in [-0.25, -0.2) is 8.78 Å². The Morgan fingerprint density at radius 3 is 2.52 bits per heavy atom. The van der Waals surface area contributed by atoms with E-state index in [4.69, 9.17) is 4.74 Å². The highest BCUT2D eigenvalue weighted by atomic mass is 19.1. The molecule has 1 heterocycles. The molecule has 1 aliphatic heterocycles. The van der Waals surface area contributed by atoms with Gasteiger partial charge in [-0.1, -0.05) is 39.0 Å². The number of carbonyl (C=O) groups excluding carboxylic acids is 1. The molecule has 0 aliphatic carbocycles. The molecule has 0 saturated carbocycles. The number of amides is 1. The summed E-state index contributed by atoms with van der Waals surface area (Å²) in [6.07, 6.45) is 0.406. The lowest BCUT2D eigenvalue weighted by Gasteiger charge is -2.19. The number of rotatable bonds is 3. The van der Waals surface area contributed by atoms with Crippen molar-refractivity contribution in [2.75, 3.05) is 6.54 Å². The first-order valence-electron chi connectivity index (χ1n) is 8.28. The largest absolute Gasteiger partial charge is 0.488 e. The topological polar surface area (TPSA) is 38.3 Å². The molecule has 1 amide bonds. The Hall–Kier alpha value is -2.43. The normalized spacial score (nSPS) is 16.3. The van der Waals surface area contributed by atoms with E-state index < -0.39 is 23.1 Å². The van der Waals surface area contributed by atoms with E-state index in [1.165, 1.54) is 11.6 Å². The van der Waals surface area contributed by atoms with Gasteiger partial charge in [-0.15, -0.1) is 0 Å². The van der Waals surface area contributed by atoms with E-state index in [0.29, 0.717) is 6.42 Å². The van der Waals surface area contributed by atoms with Crippen LogP contribution >= 0.6 is 0 Å². The predicted molar refractivity (Wildman–Crippen MR) is 92.0 cm³/mol. The highest BCUT2D eigenvalue weighted by molar-refractivity contribution is 5.94. The minimum atomic E-state index is -0.872. The van der Waals surface area contributed by atoms with Gasteiger partial charge in [0.2, 0.25) is 0 Å². The molecule has 2 aromatic carbocycles. The molecule has 5 heteroatoms. The van der Waals surface area contributed by atoms with Crippen LogP contribution < -0.4 is 10.1 Å². The van der Waals surface area contributed by atoms with Gasteiger partial charge >= 0.3 is 0 Å². The zero-order valence-corrected chi connectivity index (χ0v) is 14.5. The van der Waals surface area contributed by atoms with Crippen LogP contribution in [-0.4, -0.2) is 18.6 Å². The molecule has 0 unspecified atom stereocenters. The molecule has 1 atom stereocenters. The number of carbonyl (C=O) groups is 1. The van der Waals surface area contributed by atoms with E-state index in [9.17, 15) is 13.6 Å². The highest BCUT2D eigenvalue weighted by Crippen LogP contribution is 2.33. The second-order valence-electron chi connectivity index (χ2n) is 7.32. The van der Waals surface area contributed by atoms with Crippen molar-refractivity contribution in [1.82, 2.24) is 5.32 Å². The summed E-state index contributed by atoms with van der Waals surface area (Å²) in [4.78, 5) is 12.1. The molecule has 1 aliphatic rings. The van der Waals surface area contributed by atoms with Crippen molar-refractivity contribution in [3.63, 3.8) is 0 Å². The number of hydrogen-bond acceptors (Lipinski definition) is 2. The molecule has 0 saturated heterocycles. The summed E-state index contributed by atoms with van der Waals surface area (Å²) < 4.78 is 33.1. The molecule has 3 nitrogen and oxygen atoms in total. The van der Waals surface area contributed by atoms with Crippen LogP contribution in [0.2, 0.25) is 0 Å². The fraction of sp³-hybridized carbons (Fsp3) is 0.350. The van der Waals surface area contributed by atoms with E-state index in [-0.39, 0.29) is 18.1 Å². The van der Waals surface area contributed by atoms with Crippen LogP contribution in [0.25, 0.3) is 0 Å². The molecule has 25 heavy (non-hydrogen) atoms. The summed E-state index contributed by atoms with van der Waals surface area (Å²) >= 11 is 0. The van der Waals surface area contributed by atoms with Crippen LogP contribution in [0.15, 0.2) is 36.4 Å². The first-order valence-corrected chi connectivity index (χ1v) is 8.28. The molecule has 0 aromatic heterocycles. The maximum Gasteiger partial charge on any atom is 0.257 e. The van der Waals surface area contributed by atoms with Crippen LogP contribution in [0.1, 0.15) is 42.3 Å². The monoisotopic (exact) mass is 345 g/mol. The van der Waals surface area contributed by atoms with E-state index in [1.54, 1.807) is 0 Å². The van der Waals surface area contributed by atoms with E-state index in [0.717, 1.165) is 23.4 Å². The van der Waals surface area contributed by atoms with Gasteiger partial charge < -0.3 is 10.1 Å². The minimum absolute atomic E-state index is 0.0453. The fourth-order valence-corrected chi connectivity index (χ4v) is 2.91. The summed E-state index contributed by atoms with van der Waals surface area (Å²) in [5, 5.41) is 2.56. The Morgan fingerprint density at radius 1 is 1.20 bits per heavy atom. The summed E-state index contributed by atoms with van der Waals surface area (Å²) in [7, 11) is 0. The number of hydrogen-bond donors (Lipinski definition) is 1. The Morgan fingerprint density at radius 2 is 1.88 bits per heavy atom. The fourth-order valence-electron chi connectivity index (χ4n) is 2.91. The highest BCUT2D eigenvalue weighted by Gasteiger charge is 2.26. The zero-order chi connectivity index (χ0) is 18.2. The van der Waals surface area contributed by atoms with Gasteiger partial charge in [0, 0.05) is 6.42 Å². The van der Waals surface area contributed by atoms with E-state index >= 15 is 0 Å². The Kier molecular flexibility index (Phi) is 4.50. The standard InChI is InChI=1S/C20H21F2NO2/c1-20(2,3)13-7-8-17-12(9-13)10-14(25-17)11-23-19(24)18-15(21)5-4-6-16(18)22/h4-9,14H,10-11H2,1-3H3,(H,23,24)/t14-/m1/s1. The third kappa shape index (κ3) is 3.65. The van der Waals surface area contributed by atoms with Crippen molar-refractivity contribution in [2.24, 2.45) is 0 Å². The van der Waals surface area contributed by atoms with E-state index in [1.807, 2.05) is 12.1 Å². The number of ether oxygens (including phenoxy) is 1. The zero-order valence-electron chi connectivity index (χ0n) is 14.5. The Bertz CT molecular complexity index is 792. The lowest BCUT2D eigenvalue weighted by Crippen LogP contribution is -2.35. The second-order valence-corrected chi connectivity index (χ2v) is 7.32. The van der Waals surface area contributed by atoms with Gasteiger partial charge in [-0.05, 0) is 34.7 Å². The van der Waals surface area contributed by atoms with Crippen LogP contribution in [0.5, 0.6) is 5.75 Å². The molecule has 0 radical (unpaired) electrons. The van der Waals surface area contributed by atoms with Crippen molar-refractivity contribution in [2.45, 2.75) is 38.7 Å². The van der Waals surface area contributed by atoms with Crippen molar-refractivity contribution in [3.8, 4) is 5.75 Å². The number of benzene rings is 2. The molecule has 0 spiro atoms. The van der Waals surface area contributed by atoms with Gasteiger partial charge in [0.15, 0.2) is 0 Å². The van der Waals surface area contributed by atoms with Gasteiger partial charge in [-0.3, -0.25) is 4.79 Å². The summed E-state index contributed by atoms with van der Waals surface area (Å²) in [6, 6.07) is 9.45. The van der Waals surface area contributed by atoms with Crippen LogP contribution in [-0.2, 0) is 11.8 Å². The quantitative estimate of drug-likeness (QED) is 0.913. The van der Waals surface area contributed by atoms with Gasteiger partial charge in [-0.2, -0.15) is 0 Å². The molecule has 2 aromatic rings. The molecule has 3 rings (SSSR count). The lowest BCUT2D eigenvalue weighted by atomic mass is 9.86. The van der Waals surface area contributed by atoms with Crippen LogP contribution in [0.4, 0.5) is 8.78 Å². The Labute approximate surface area is 146 Å². The smallest absolute Gasteiger partial charge is 0.257 e. The molecule has 0 fully saturated rings. The maximum absolute atomic E-state index is 13.6. The van der Waals surface area contributed by atoms with Gasteiger partial charge in [0.05, 0.1) is 6.54 Å². The summed E-state index contributed by atoms with van der Waals surface area (Å²) in [6.45, 7) is 6.62. The maximum atomic E-state index is 13.6. The SMILES string of the molecule is CC(C)(C)c1ccc2c(c1)C[C@H](CNC(=O)c1c(F)cccc1F)O2. The van der Waals surface area contributed by atoms with Crippen LogP contribution in [0, 0.1) is 11.6 Å². The summed E-state index contributed by atoms with van der Waals surface area (Å²) in [5.41, 5.74) is 1.79. The van der Waals surface area contributed by atoms with Crippen LogP contribution in [0.3, 0.4) is 0 Å². The second kappa shape index (κ2) is 6.47. The van der Waals surface area contributed by atoms with Crippen molar-refractivity contribution < 1.29 is 18.3 Å². The number of halogens is 2.